The zero-order valence-electron chi connectivity index (χ0n) is 16.6. The Hall–Kier alpha value is -1.31. The van der Waals surface area contributed by atoms with Gasteiger partial charge in [0.15, 0.2) is 5.96 Å². The van der Waals surface area contributed by atoms with Gasteiger partial charge in [0, 0.05) is 25.7 Å². The molecule has 1 aromatic rings. The van der Waals surface area contributed by atoms with Crippen molar-refractivity contribution in [2.75, 3.05) is 20.1 Å². The smallest absolute Gasteiger partial charge is 0.251 e. The van der Waals surface area contributed by atoms with Gasteiger partial charge in [-0.25, -0.2) is 4.99 Å². The maximum atomic E-state index is 11.7. The van der Waals surface area contributed by atoms with Crippen LogP contribution in [0.25, 0.3) is 0 Å². The molecule has 0 aliphatic heterocycles. The van der Waals surface area contributed by atoms with Gasteiger partial charge >= 0.3 is 0 Å². The first-order chi connectivity index (χ1) is 12.1. The molecule has 1 atom stereocenters. The Kier molecular flexibility index (Phi) is 14.1. The molecule has 0 aliphatic carbocycles. The second kappa shape index (κ2) is 14.8. The third-order valence-corrected chi connectivity index (χ3v) is 4.28. The minimum Gasteiger partial charge on any atom is -0.357 e. The summed E-state index contributed by atoms with van der Waals surface area (Å²) in [4.78, 5) is 16.4. The molecule has 6 heteroatoms. The number of carbonyl (C=O) groups is 1. The normalized spacial score (nSPS) is 12.1. The van der Waals surface area contributed by atoms with E-state index in [9.17, 15) is 4.79 Å². The number of halogens is 1. The highest BCUT2D eigenvalue weighted by molar-refractivity contribution is 14.0. The number of nitrogens with zero attached hydrogens (tertiary/aromatic N) is 1. The summed E-state index contributed by atoms with van der Waals surface area (Å²) in [6.45, 7) is 8.87. The van der Waals surface area contributed by atoms with E-state index in [-0.39, 0.29) is 29.9 Å². The van der Waals surface area contributed by atoms with E-state index in [1.165, 1.54) is 25.7 Å². The van der Waals surface area contributed by atoms with E-state index < -0.39 is 0 Å². The quantitative estimate of drug-likeness (QED) is 0.274. The molecule has 3 N–H and O–H groups in total. The molecule has 26 heavy (non-hydrogen) atoms. The van der Waals surface area contributed by atoms with Crippen molar-refractivity contribution in [2.45, 2.75) is 53.0 Å². The number of rotatable bonds is 10. The molecule has 1 unspecified atom stereocenters. The van der Waals surface area contributed by atoms with Crippen molar-refractivity contribution in [3.05, 3.63) is 35.4 Å². The molecule has 148 valence electrons. The van der Waals surface area contributed by atoms with Gasteiger partial charge in [-0.1, -0.05) is 45.2 Å². The Morgan fingerprint density at radius 1 is 1.19 bits per heavy atom. The van der Waals surface area contributed by atoms with E-state index >= 15 is 0 Å². The van der Waals surface area contributed by atoms with Crippen molar-refractivity contribution in [3.8, 4) is 0 Å². The zero-order valence-corrected chi connectivity index (χ0v) is 18.9. The lowest BCUT2D eigenvalue weighted by atomic mass is 9.99. The predicted molar refractivity (Wildman–Crippen MR) is 121 cm³/mol. The lowest BCUT2D eigenvalue weighted by molar-refractivity contribution is 0.0963. The molecule has 1 amide bonds. The second-order valence-corrected chi connectivity index (χ2v) is 6.27. The summed E-state index contributed by atoms with van der Waals surface area (Å²) in [5, 5.41) is 9.41. The fourth-order valence-electron chi connectivity index (χ4n) is 2.65. The Morgan fingerprint density at radius 2 is 1.96 bits per heavy atom. The standard InChI is InChI=1S/C20H34N4O.HI/c1-5-8-10-16(6-2)14-23-20(22-7-3)24-15-17-11-9-12-18(13-17)19(25)21-4;/h9,11-13,16H,5-8,10,14-15H2,1-4H3,(H,21,25)(H2,22,23,24);1H. The van der Waals surface area contributed by atoms with Crippen molar-refractivity contribution in [1.82, 2.24) is 16.0 Å². The molecule has 5 nitrogen and oxygen atoms in total. The average molecular weight is 474 g/mol. The summed E-state index contributed by atoms with van der Waals surface area (Å²) >= 11 is 0. The minimum atomic E-state index is -0.0717. The van der Waals surface area contributed by atoms with Crippen LogP contribution in [0.4, 0.5) is 0 Å². The summed E-state index contributed by atoms with van der Waals surface area (Å²) in [6, 6.07) is 7.60. The van der Waals surface area contributed by atoms with Gasteiger partial charge in [0.05, 0.1) is 6.54 Å². The highest BCUT2D eigenvalue weighted by Gasteiger charge is 2.07. The fourth-order valence-corrected chi connectivity index (χ4v) is 2.65. The largest absolute Gasteiger partial charge is 0.357 e. The topological polar surface area (TPSA) is 65.5 Å². The number of hydrogen-bond acceptors (Lipinski definition) is 2. The van der Waals surface area contributed by atoms with E-state index in [0.29, 0.717) is 18.0 Å². The zero-order chi connectivity index (χ0) is 18.5. The van der Waals surface area contributed by atoms with E-state index in [2.05, 4.69) is 41.7 Å². The van der Waals surface area contributed by atoms with Gasteiger partial charge in [-0.3, -0.25) is 4.79 Å². The van der Waals surface area contributed by atoms with Gasteiger partial charge in [0.1, 0.15) is 0 Å². The molecule has 1 aromatic carbocycles. The highest BCUT2D eigenvalue weighted by Crippen LogP contribution is 2.11. The maximum Gasteiger partial charge on any atom is 0.251 e. The van der Waals surface area contributed by atoms with Gasteiger partial charge in [0.2, 0.25) is 0 Å². The molecular weight excluding hydrogens is 439 g/mol. The second-order valence-electron chi connectivity index (χ2n) is 6.27. The number of benzene rings is 1. The summed E-state index contributed by atoms with van der Waals surface area (Å²) in [5.74, 6) is 1.45. The minimum absolute atomic E-state index is 0. The van der Waals surface area contributed by atoms with E-state index in [1.54, 1.807) is 7.05 Å². The van der Waals surface area contributed by atoms with Gasteiger partial charge in [0.25, 0.3) is 5.91 Å². The molecule has 0 bridgehead atoms. The number of unbranched alkanes of at least 4 members (excludes halogenated alkanes) is 1. The number of guanidine groups is 1. The molecule has 0 saturated heterocycles. The van der Waals surface area contributed by atoms with Gasteiger partial charge in [-0.15, -0.1) is 24.0 Å². The molecule has 0 saturated carbocycles. The van der Waals surface area contributed by atoms with Crippen LogP contribution in [0.5, 0.6) is 0 Å². The Bertz CT molecular complexity index is 548. The first kappa shape index (κ1) is 24.7. The van der Waals surface area contributed by atoms with Crippen LogP contribution in [-0.2, 0) is 6.54 Å². The number of carbonyl (C=O) groups excluding carboxylic acids is 1. The lowest BCUT2D eigenvalue weighted by Crippen LogP contribution is -2.39. The van der Waals surface area contributed by atoms with Crippen LogP contribution in [0.2, 0.25) is 0 Å². The highest BCUT2D eigenvalue weighted by atomic mass is 127. The summed E-state index contributed by atoms with van der Waals surface area (Å²) < 4.78 is 0. The molecule has 1 rings (SSSR count). The number of aliphatic imine (C=N–C) groups is 1. The molecule has 0 aliphatic rings. The average Bonchev–Trinajstić information content (AvgIpc) is 2.65. The number of hydrogen-bond donors (Lipinski definition) is 3. The fraction of sp³-hybridized carbons (Fsp3) is 0.600. The molecule has 0 radical (unpaired) electrons. The van der Waals surface area contributed by atoms with Crippen LogP contribution >= 0.6 is 24.0 Å². The van der Waals surface area contributed by atoms with Gasteiger partial charge < -0.3 is 16.0 Å². The Labute approximate surface area is 175 Å². The van der Waals surface area contributed by atoms with Crippen molar-refractivity contribution < 1.29 is 4.79 Å². The van der Waals surface area contributed by atoms with Crippen LogP contribution in [0, 0.1) is 5.92 Å². The van der Waals surface area contributed by atoms with Crippen LogP contribution in [0.15, 0.2) is 29.3 Å². The van der Waals surface area contributed by atoms with Crippen LogP contribution in [0.1, 0.15) is 62.4 Å². The number of amides is 1. The van der Waals surface area contributed by atoms with Crippen LogP contribution in [-0.4, -0.2) is 32.0 Å². The van der Waals surface area contributed by atoms with Gasteiger partial charge in [-0.2, -0.15) is 0 Å². The Morgan fingerprint density at radius 3 is 2.58 bits per heavy atom. The van der Waals surface area contributed by atoms with Gasteiger partial charge in [-0.05, 0) is 37.0 Å². The van der Waals surface area contributed by atoms with E-state index in [0.717, 1.165) is 24.6 Å². The third kappa shape index (κ3) is 9.40. The predicted octanol–water partition coefficient (Wildman–Crippen LogP) is 3.94. The summed E-state index contributed by atoms with van der Waals surface area (Å²) in [5.41, 5.74) is 1.69. The van der Waals surface area contributed by atoms with Crippen molar-refractivity contribution in [2.24, 2.45) is 10.9 Å². The van der Waals surface area contributed by atoms with Crippen molar-refractivity contribution >= 4 is 35.8 Å². The molecule has 0 heterocycles. The summed E-state index contributed by atoms with van der Waals surface area (Å²) in [6.07, 6.45) is 4.96. The van der Waals surface area contributed by atoms with Crippen LogP contribution < -0.4 is 16.0 Å². The number of nitrogens with one attached hydrogen (secondary N) is 3. The Balaban J connectivity index is 0.00000625. The SMILES string of the molecule is CCCCC(CC)CNC(=NCc1cccc(C(=O)NC)c1)NCC.I. The molecule has 0 fully saturated rings. The first-order valence-electron chi connectivity index (χ1n) is 9.47. The molecule has 0 spiro atoms. The van der Waals surface area contributed by atoms with Crippen molar-refractivity contribution in [1.29, 1.82) is 0 Å². The van der Waals surface area contributed by atoms with E-state index in [1.807, 2.05) is 24.3 Å². The molecular formula is C20H35IN4O. The summed E-state index contributed by atoms with van der Waals surface area (Å²) in [7, 11) is 1.64. The molecule has 0 aromatic heterocycles. The first-order valence-corrected chi connectivity index (χ1v) is 9.47. The maximum absolute atomic E-state index is 11.7. The van der Waals surface area contributed by atoms with Crippen LogP contribution in [0.3, 0.4) is 0 Å². The monoisotopic (exact) mass is 474 g/mol. The van der Waals surface area contributed by atoms with Crippen molar-refractivity contribution in [3.63, 3.8) is 0 Å². The third-order valence-electron chi connectivity index (χ3n) is 4.28. The lowest BCUT2D eigenvalue weighted by Gasteiger charge is -2.18. The van der Waals surface area contributed by atoms with E-state index in [4.69, 9.17) is 0 Å².